The number of carbonyl (C=O) groups is 1. The second kappa shape index (κ2) is 12.5. The van der Waals surface area contributed by atoms with Crippen LogP contribution in [0, 0.1) is 0 Å². The van der Waals surface area contributed by atoms with Gasteiger partial charge in [-0.25, -0.2) is 4.79 Å². The molecule has 3 rings (SSSR count). The summed E-state index contributed by atoms with van der Waals surface area (Å²) in [6.07, 6.45) is 0.648. The molecule has 1 heterocycles. The second-order valence-corrected chi connectivity index (χ2v) is 7.80. The van der Waals surface area contributed by atoms with Crippen molar-refractivity contribution in [2.45, 2.75) is 44.6 Å². The van der Waals surface area contributed by atoms with Crippen molar-refractivity contribution in [2.24, 2.45) is 0 Å². The number of anilines is 1. The molecule has 1 aliphatic heterocycles. The Labute approximate surface area is 200 Å². The minimum absolute atomic E-state index is 0.346. The largest absolute Gasteiger partial charge is 0.494 e. The fraction of sp³-hybridized carbons (Fsp3) is 0.423. The molecule has 0 unspecified atom stereocenters. The number of amides is 1. The molecule has 0 spiro atoms. The van der Waals surface area contributed by atoms with Gasteiger partial charge in [0.2, 0.25) is 6.29 Å². The zero-order chi connectivity index (χ0) is 24.5. The van der Waals surface area contributed by atoms with Gasteiger partial charge in [0.15, 0.2) is 0 Å². The van der Waals surface area contributed by atoms with Gasteiger partial charge < -0.3 is 28.4 Å². The number of hydrogen-bond donors (Lipinski definition) is 1. The molecule has 5 atom stereocenters. The van der Waals surface area contributed by atoms with E-state index in [1.165, 1.54) is 7.11 Å². The summed E-state index contributed by atoms with van der Waals surface area (Å²) in [6, 6.07) is 15.3. The van der Waals surface area contributed by atoms with Crippen molar-refractivity contribution in [3.05, 3.63) is 59.7 Å². The maximum atomic E-state index is 12.5. The number of methoxy groups -OCH3 is 3. The maximum Gasteiger partial charge on any atom is 0.414 e. The quantitative estimate of drug-likeness (QED) is 0.535. The highest BCUT2D eigenvalue weighted by atomic mass is 16.7. The molecule has 34 heavy (non-hydrogen) atoms. The number of rotatable bonds is 9. The first-order valence-corrected chi connectivity index (χ1v) is 11.2. The lowest BCUT2D eigenvalue weighted by atomic mass is 9.99. The first-order chi connectivity index (χ1) is 16.5. The summed E-state index contributed by atoms with van der Waals surface area (Å²) in [5.74, 6) is 0.850. The Hall–Kier alpha value is -2.91. The van der Waals surface area contributed by atoms with Gasteiger partial charge in [0, 0.05) is 27.0 Å². The molecular formula is C26H33NO7. The van der Waals surface area contributed by atoms with Crippen LogP contribution in [0.5, 0.6) is 5.75 Å². The van der Waals surface area contributed by atoms with Crippen molar-refractivity contribution in [1.29, 1.82) is 0 Å². The third-order valence-corrected chi connectivity index (χ3v) is 5.58. The van der Waals surface area contributed by atoms with Gasteiger partial charge in [-0.3, -0.25) is 5.32 Å². The first-order valence-electron chi connectivity index (χ1n) is 11.2. The Morgan fingerprint density at radius 1 is 0.882 bits per heavy atom. The Morgan fingerprint density at radius 2 is 1.44 bits per heavy atom. The summed E-state index contributed by atoms with van der Waals surface area (Å²) < 4.78 is 33.3. The number of benzene rings is 2. The Morgan fingerprint density at radius 3 is 1.97 bits per heavy atom. The summed E-state index contributed by atoms with van der Waals surface area (Å²) in [4.78, 5) is 12.5. The Bertz CT molecular complexity index is 929. The van der Waals surface area contributed by atoms with E-state index in [1.54, 1.807) is 26.4 Å². The molecular weight excluding hydrogens is 438 g/mol. The summed E-state index contributed by atoms with van der Waals surface area (Å²) in [5, 5.41) is 2.72. The normalized spacial score (nSPS) is 24.7. The lowest BCUT2D eigenvalue weighted by molar-refractivity contribution is -0.288. The van der Waals surface area contributed by atoms with Gasteiger partial charge in [0.1, 0.15) is 24.1 Å². The minimum Gasteiger partial charge on any atom is -0.494 e. The number of carbonyl (C=O) groups excluding carboxylic acids is 1. The van der Waals surface area contributed by atoms with Crippen molar-refractivity contribution >= 4 is 23.9 Å². The molecule has 0 aliphatic carbocycles. The van der Waals surface area contributed by atoms with E-state index in [-0.39, 0.29) is 12.2 Å². The lowest BCUT2D eigenvalue weighted by Gasteiger charge is -2.43. The summed E-state index contributed by atoms with van der Waals surface area (Å²) in [6.45, 7) is 4.44. The monoisotopic (exact) mass is 471 g/mol. The molecule has 2 aromatic rings. The van der Waals surface area contributed by atoms with Crippen molar-refractivity contribution in [1.82, 2.24) is 0 Å². The predicted octanol–water partition coefficient (Wildman–Crippen LogP) is 4.59. The van der Waals surface area contributed by atoms with Gasteiger partial charge in [-0.15, -0.1) is 0 Å². The molecule has 1 fully saturated rings. The van der Waals surface area contributed by atoms with E-state index in [0.717, 1.165) is 16.9 Å². The van der Waals surface area contributed by atoms with E-state index in [9.17, 15) is 4.79 Å². The first kappa shape index (κ1) is 25.7. The maximum absolute atomic E-state index is 12.5. The highest BCUT2D eigenvalue weighted by Crippen LogP contribution is 2.28. The van der Waals surface area contributed by atoms with Crippen LogP contribution < -0.4 is 10.1 Å². The zero-order valence-corrected chi connectivity index (χ0v) is 20.2. The fourth-order valence-electron chi connectivity index (χ4n) is 3.87. The smallest absolute Gasteiger partial charge is 0.414 e. The number of nitrogens with one attached hydrogen (secondary N) is 1. The molecule has 1 aliphatic rings. The van der Waals surface area contributed by atoms with Crippen molar-refractivity contribution in [2.75, 3.05) is 33.3 Å². The van der Waals surface area contributed by atoms with E-state index < -0.39 is 24.6 Å². The van der Waals surface area contributed by atoms with E-state index >= 15 is 0 Å². The van der Waals surface area contributed by atoms with Gasteiger partial charge in [0.25, 0.3) is 0 Å². The second-order valence-electron chi connectivity index (χ2n) is 7.80. The van der Waals surface area contributed by atoms with Crippen LogP contribution in [0.1, 0.15) is 25.0 Å². The molecule has 8 heteroatoms. The topological polar surface area (TPSA) is 84.5 Å². The van der Waals surface area contributed by atoms with E-state index in [4.69, 9.17) is 28.4 Å². The van der Waals surface area contributed by atoms with Gasteiger partial charge in [-0.2, -0.15) is 0 Å². The Balaban J connectivity index is 1.57. The van der Waals surface area contributed by atoms with Gasteiger partial charge in [-0.05, 0) is 49.2 Å². The fourth-order valence-corrected chi connectivity index (χ4v) is 3.87. The molecule has 0 aromatic heterocycles. The molecule has 0 saturated carbocycles. The van der Waals surface area contributed by atoms with Crippen molar-refractivity contribution < 1.29 is 33.2 Å². The van der Waals surface area contributed by atoms with Gasteiger partial charge in [-0.1, -0.05) is 36.4 Å². The molecule has 1 N–H and O–H groups in total. The third kappa shape index (κ3) is 6.57. The van der Waals surface area contributed by atoms with Crippen LogP contribution in [0.4, 0.5) is 10.5 Å². The molecule has 184 valence electrons. The molecule has 1 amide bonds. The number of ether oxygens (including phenoxy) is 6. The highest BCUT2D eigenvalue weighted by Gasteiger charge is 2.47. The molecule has 0 bridgehead atoms. The highest BCUT2D eigenvalue weighted by molar-refractivity contribution is 5.85. The van der Waals surface area contributed by atoms with Crippen LogP contribution in [0.3, 0.4) is 0 Å². The van der Waals surface area contributed by atoms with Crippen LogP contribution in [-0.4, -0.2) is 64.7 Å². The van der Waals surface area contributed by atoms with Crippen molar-refractivity contribution in [3.63, 3.8) is 0 Å². The van der Waals surface area contributed by atoms with Crippen molar-refractivity contribution in [3.8, 4) is 5.75 Å². The number of hydrogen-bond acceptors (Lipinski definition) is 7. The van der Waals surface area contributed by atoms with Crippen LogP contribution >= 0.6 is 0 Å². The predicted molar refractivity (Wildman–Crippen MR) is 130 cm³/mol. The van der Waals surface area contributed by atoms with Crippen LogP contribution in [0.15, 0.2) is 48.5 Å². The minimum atomic E-state index is -0.937. The zero-order valence-electron chi connectivity index (χ0n) is 20.2. The summed E-state index contributed by atoms with van der Waals surface area (Å²) >= 11 is 0. The van der Waals surface area contributed by atoms with Crippen LogP contribution in [0.2, 0.25) is 0 Å². The van der Waals surface area contributed by atoms with Crippen LogP contribution in [-0.2, 0) is 23.7 Å². The van der Waals surface area contributed by atoms with Crippen LogP contribution in [0.25, 0.3) is 12.2 Å². The molecule has 1 saturated heterocycles. The Kier molecular flexibility index (Phi) is 9.47. The average Bonchev–Trinajstić information content (AvgIpc) is 2.84. The average molecular weight is 472 g/mol. The van der Waals surface area contributed by atoms with E-state index in [1.807, 2.05) is 62.4 Å². The summed E-state index contributed by atoms with van der Waals surface area (Å²) in [7, 11) is 4.65. The molecule has 8 nitrogen and oxygen atoms in total. The standard InChI is InChI=1S/C26H33NO7/c1-6-32-21-15-11-19(12-16-21)8-7-18-9-13-20(14-10-18)27-26(28)34-25-24(31-5)23(30-4)22(29-3)17(2)33-25/h7-17,22-25H,6H2,1-5H3,(H,27,28)/b8-7+/t17-,22-,23+,24+,25-/m0/s1. The summed E-state index contributed by atoms with van der Waals surface area (Å²) in [5.41, 5.74) is 2.65. The van der Waals surface area contributed by atoms with E-state index in [2.05, 4.69) is 5.32 Å². The molecule has 2 aromatic carbocycles. The lowest BCUT2D eigenvalue weighted by Crippen LogP contribution is -2.59. The SMILES string of the molecule is CCOc1ccc(/C=C/c2ccc(NC(=O)O[C@@H]3O[C@@H](C)[C@H](OC)[C@@H](OC)[C@H]3OC)cc2)cc1. The third-order valence-electron chi connectivity index (χ3n) is 5.58. The van der Waals surface area contributed by atoms with E-state index in [0.29, 0.717) is 12.3 Å². The van der Waals surface area contributed by atoms with Gasteiger partial charge in [0.05, 0.1) is 12.7 Å². The molecule has 0 radical (unpaired) electrons. The van der Waals surface area contributed by atoms with Gasteiger partial charge >= 0.3 is 6.09 Å².